The Labute approximate surface area is 338 Å². The fourth-order valence-corrected chi connectivity index (χ4v) is 9.11. The van der Waals surface area contributed by atoms with Gasteiger partial charge in [0.15, 0.2) is 0 Å². The van der Waals surface area contributed by atoms with Crippen LogP contribution in [0.15, 0.2) is 91.6 Å². The smallest absolute Gasteiger partial charge is 0.334 e. The molecular weight excluding hydrogens is 737 g/mol. The highest BCUT2D eigenvalue weighted by molar-refractivity contribution is 6.08. The third kappa shape index (κ3) is 7.66. The molecule has 1 aromatic heterocycles. The number of benzene rings is 3. The van der Waals surface area contributed by atoms with Crippen molar-refractivity contribution >= 4 is 34.7 Å². The first-order valence-electron chi connectivity index (χ1n) is 20.1. The minimum absolute atomic E-state index is 0.00962. The molecule has 14 nitrogen and oxygen atoms in total. The van der Waals surface area contributed by atoms with Crippen molar-refractivity contribution in [2.24, 2.45) is 7.05 Å². The predicted octanol–water partition coefficient (Wildman–Crippen LogP) is 3.56. The third-order valence-electron chi connectivity index (χ3n) is 12.2. The van der Waals surface area contributed by atoms with Crippen LogP contribution in [0, 0.1) is 0 Å². The lowest BCUT2D eigenvalue weighted by molar-refractivity contribution is -0.189. The number of nitrogens with zero attached hydrogens (tertiary/aromatic N) is 7. The summed E-state index contributed by atoms with van der Waals surface area (Å²) in [7, 11) is 3.69. The van der Waals surface area contributed by atoms with E-state index in [1.165, 1.54) is 0 Å². The summed E-state index contributed by atoms with van der Waals surface area (Å²) in [6, 6.07) is 21.1. The van der Waals surface area contributed by atoms with Gasteiger partial charge in [0.2, 0.25) is 11.8 Å². The monoisotopic (exact) mass is 788 g/mol. The molecule has 0 radical (unpaired) electrons. The number of aryl methyl sites for hydroxylation is 1. The molecule has 0 saturated carbocycles. The number of piperazine rings is 1. The minimum atomic E-state index is -0.921. The largest absolute Gasteiger partial charge is 0.508 e. The van der Waals surface area contributed by atoms with E-state index in [4.69, 9.17) is 4.74 Å². The first-order valence-corrected chi connectivity index (χ1v) is 20.1. The van der Waals surface area contributed by atoms with Crippen LogP contribution in [0.4, 0.5) is 4.79 Å². The second kappa shape index (κ2) is 16.6. The number of para-hydroxylation sites is 1. The average molecular weight is 789 g/mol. The molecule has 304 valence electrons. The Morgan fingerprint density at radius 1 is 0.948 bits per heavy atom. The molecule has 4 aliphatic rings. The van der Waals surface area contributed by atoms with Gasteiger partial charge in [-0.05, 0) is 41.7 Å². The Balaban J connectivity index is 1.07. The molecule has 4 aliphatic heterocycles. The van der Waals surface area contributed by atoms with E-state index >= 15 is 0 Å². The van der Waals surface area contributed by atoms with Gasteiger partial charge in [-0.15, -0.1) is 6.58 Å². The molecule has 0 bridgehead atoms. The first-order chi connectivity index (χ1) is 28.1. The second-order valence-corrected chi connectivity index (χ2v) is 15.8. The molecule has 5 heterocycles. The number of hydrogen-bond donors (Lipinski definition) is 2. The quantitative estimate of drug-likeness (QED) is 0.221. The van der Waals surface area contributed by atoms with Gasteiger partial charge < -0.3 is 34.4 Å². The number of ether oxygens (including phenoxy) is 1. The van der Waals surface area contributed by atoms with Crippen LogP contribution in [0.1, 0.15) is 39.9 Å². The number of hydrogen-bond acceptors (Lipinski definition) is 8. The summed E-state index contributed by atoms with van der Waals surface area (Å²) in [5.74, 6) is -0.428. The molecule has 14 heteroatoms. The van der Waals surface area contributed by atoms with E-state index in [0.29, 0.717) is 30.8 Å². The molecule has 4 saturated heterocycles. The van der Waals surface area contributed by atoms with Gasteiger partial charge in [0, 0.05) is 84.0 Å². The number of likely N-dealkylation sites (tertiary alicyclic amines) is 2. The number of piperidine rings is 1. The van der Waals surface area contributed by atoms with Crippen LogP contribution in [0.5, 0.6) is 5.75 Å². The van der Waals surface area contributed by atoms with E-state index in [1.807, 2.05) is 71.2 Å². The van der Waals surface area contributed by atoms with E-state index in [9.17, 15) is 24.3 Å². The normalized spacial score (nSPS) is 21.0. The number of phenolic OH excluding ortho intramolecular Hbond substituents is 1. The fourth-order valence-electron chi connectivity index (χ4n) is 9.11. The number of aromatic hydroxyl groups is 1. The van der Waals surface area contributed by atoms with Gasteiger partial charge in [0.1, 0.15) is 18.0 Å². The van der Waals surface area contributed by atoms with Gasteiger partial charge in [-0.2, -0.15) is 0 Å². The number of carbonyl (C=O) groups is 4. The Hall–Kier alpha value is -5.70. The standard InChI is InChI=1S/C44H52N8O6/c1-4-19-50-29-40(54)51-38(22-30-13-15-34(53)16-14-30)43(56)48(28-39(51)52(50)44(57)45-23-31-9-6-5-7-10-31)24-32-11-8-12-36-37(27-46(2)41(32)36)42(55)49-25-33(26-49)47-20-17-35(58-3)18-21-47/h4-16,27,33,35,38-39,53H,1,17-26,28-29H2,2-3H3,(H,45,57)/t38-,39-/m0/s1. The lowest BCUT2D eigenvalue weighted by Gasteiger charge is -2.55. The minimum Gasteiger partial charge on any atom is -0.508 e. The van der Waals surface area contributed by atoms with Gasteiger partial charge in [0.25, 0.3) is 5.91 Å². The maximum atomic E-state index is 14.7. The molecule has 0 spiro atoms. The highest BCUT2D eigenvalue weighted by atomic mass is 16.5. The van der Waals surface area contributed by atoms with Crippen molar-refractivity contribution in [3.63, 3.8) is 0 Å². The Bertz CT molecular complexity index is 2160. The molecule has 3 aromatic carbocycles. The summed E-state index contributed by atoms with van der Waals surface area (Å²) in [6.45, 7) is 7.88. The highest BCUT2D eigenvalue weighted by Gasteiger charge is 2.51. The van der Waals surface area contributed by atoms with E-state index in [-0.39, 0.29) is 62.6 Å². The third-order valence-corrected chi connectivity index (χ3v) is 12.2. The van der Waals surface area contributed by atoms with E-state index in [0.717, 1.165) is 53.5 Å². The van der Waals surface area contributed by atoms with Gasteiger partial charge in [-0.3, -0.25) is 19.3 Å². The summed E-state index contributed by atoms with van der Waals surface area (Å²) in [5.41, 5.74) is 4.00. The fraction of sp³-hybridized carbons (Fsp3) is 0.409. The topological polar surface area (TPSA) is 134 Å². The van der Waals surface area contributed by atoms with Crippen LogP contribution >= 0.6 is 0 Å². The molecule has 4 aromatic rings. The van der Waals surface area contributed by atoms with E-state index in [2.05, 4.69) is 16.8 Å². The number of carbonyl (C=O) groups excluding carboxylic acids is 4. The molecule has 5 amide bonds. The lowest BCUT2D eigenvalue weighted by Crippen LogP contribution is -2.76. The van der Waals surface area contributed by atoms with Crippen molar-refractivity contribution < 1.29 is 29.0 Å². The van der Waals surface area contributed by atoms with E-state index < -0.39 is 18.2 Å². The van der Waals surface area contributed by atoms with E-state index in [1.54, 1.807) is 57.3 Å². The summed E-state index contributed by atoms with van der Waals surface area (Å²) in [4.78, 5) is 64.6. The SMILES string of the molecule is C=CCN1CC(=O)N2[C@@H](Cc3ccc(O)cc3)C(=O)N(Cc3cccc4c(C(=O)N5CC(N6CCC(OC)CC6)C5)cn(C)c34)C[C@@H]2N1C(=O)NCc1ccccc1. The summed E-state index contributed by atoms with van der Waals surface area (Å²) in [5, 5.41) is 17.1. The molecule has 8 rings (SSSR count). The number of nitrogens with one attached hydrogen (secondary N) is 1. The van der Waals surface area contributed by atoms with Crippen LogP contribution in [0.3, 0.4) is 0 Å². The van der Waals surface area contributed by atoms with Crippen molar-refractivity contribution in [1.82, 2.24) is 39.5 Å². The molecular formula is C44H52N8O6. The zero-order valence-corrected chi connectivity index (χ0v) is 33.2. The molecule has 2 atom stereocenters. The van der Waals surface area contributed by atoms with Crippen LogP contribution in [0.25, 0.3) is 10.9 Å². The summed E-state index contributed by atoms with van der Waals surface area (Å²) >= 11 is 0. The Morgan fingerprint density at radius 3 is 2.40 bits per heavy atom. The zero-order chi connectivity index (χ0) is 40.5. The molecule has 2 N–H and O–H groups in total. The molecule has 0 aliphatic carbocycles. The Morgan fingerprint density at radius 2 is 1.69 bits per heavy atom. The number of rotatable bonds is 11. The van der Waals surface area contributed by atoms with Crippen molar-refractivity contribution in [3.05, 3.63) is 114 Å². The number of urea groups is 1. The van der Waals surface area contributed by atoms with Crippen LogP contribution in [-0.2, 0) is 40.9 Å². The number of phenols is 1. The highest BCUT2D eigenvalue weighted by Crippen LogP contribution is 2.33. The number of aromatic nitrogens is 1. The first kappa shape index (κ1) is 39.1. The maximum absolute atomic E-state index is 14.7. The van der Waals surface area contributed by atoms with Crippen molar-refractivity contribution in [2.75, 3.05) is 52.9 Å². The summed E-state index contributed by atoms with van der Waals surface area (Å²) in [6.07, 6.45) is 5.22. The molecule has 58 heavy (non-hydrogen) atoms. The number of hydrazine groups is 1. The van der Waals surface area contributed by atoms with Crippen LogP contribution < -0.4 is 5.32 Å². The van der Waals surface area contributed by atoms with Gasteiger partial charge in [0.05, 0.1) is 30.3 Å². The predicted molar refractivity (Wildman–Crippen MR) is 218 cm³/mol. The van der Waals surface area contributed by atoms with Crippen molar-refractivity contribution in [1.29, 1.82) is 0 Å². The van der Waals surface area contributed by atoms with Gasteiger partial charge in [-0.25, -0.2) is 14.8 Å². The Kier molecular flexibility index (Phi) is 11.2. The van der Waals surface area contributed by atoms with Gasteiger partial charge in [-0.1, -0.05) is 66.7 Å². The molecule has 4 fully saturated rings. The molecule has 0 unspecified atom stereocenters. The average Bonchev–Trinajstić information content (AvgIpc) is 3.56. The van der Waals surface area contributed by atoms with Gasteiger partial charge >= 0.3 is 6.03 Å². The van der Waals surface area contributed by atoms with Crippen molar-refractivity contribution in [2.45, 2.75) is 56.7 Å². The zero-order valence-electron chi connectivity index (χ0n) is 33.2. The van der Waals surface area contributed by atoms with Crippen LogP contribution in [-0.4, -0.2) is 140 Å². The number of amides is 5. The number of fused-ring (bicyclic) bond motifs is 2. The number of methoxy groups -OCH3 is 1. The van der Waals surface area contributed by atoms with Crippen molar-refractivity contribution in [3.8, 4) is 5.75 Å². The second-order valence-electron chi connectivity index (χ2n) is 15.8. The van der Waals surface area contributed by atoms with Crippen LogP contribution in [0.2, 0.25) is 0 Å². The summed E-state index contributed by atoms with van der Waals surface area (Å²) < 4.78 is 7.50. The lowest BCUT2D eigenvalue weighted by atomic mass is 9.97. The maximum Gasteiger partial charge on any atom is 0.334 e.